The van der Waals surface area contributed by atoms with Gasteiger partial charge in [0.2, 0.25) is 0 Å². The minimum Gasteiger partial charge on any atom is -0.256 e. The third-order valence-electron chi connectivity index (χ3n) is 13.4. The molecule has 0 atom stereocenters. The predicted molar refractivity (Wildman–Crippen MR) is 272 cm³/mol. The van der Waals surface area contributed by atoms with E-state index in [-0.39, 0.29) is 0 Å². The van der Waals surface area contributed by atoms with Gasteiger partial charge in [-0.05, 0) is 104 Å². The zero-order valence-corrected chi connectivity index (χ0v) is 36.4. The van der Waals surface area contributed by atoms with Gasteiger partial charge in [-0.25, -0.2) is 15.0 Å². The highest BCUT2D eigenvalue weighted by Crippen LogP contribution is 2.63. The molecule has 2 heterocycles. The van der Waals surface area contributed by atoms with Crippen molar-refractivity contribution in [3.63, 3.8) is 0 Å². The van der Waals surface area contributed by atoms with Crippen LogP contribution in [-0.4, -0.2) is 19.9 Å². The van der Waals surface area contributed by atoms with E-state index in [1.807, 2.05) is 37.4 Å². The second-order valence-corrected chi connectivity index (χ2v) is 16.9. The van der Waals surface area contributed by atoms with Crippen LogP contribution in [0.2, 0.25) is 0 Å². The first-order valence-corrected chi connectivity index (χ1v) is 22.4. The number of hydrogen-bond donors (Lipinski definition) is 0. The molecule has 0 radical (unpaired) electrons. The fourth-order valence-electron chi connectivity index (χ4n) is 10.4. The number of aromatic nitrogens is 4. The monoisotopic (exact) mass is 842 g/mol. The molecule has 0 N–H and O–H groups in total. The Labute approximate surface area is 384 Å². The Kier molecular flexibility index (Phi) is 9.39. The van der Waals surface area contributed by atoms with Crippen LogP contribution in [0.4, 0.5) is 0 Å². The predicted octanol–water partition coefficient (Wildman–Crippen LogP) is 15.2. The van der Waals surface area contributed by atoms with E-state index in [1.165, 1.54) is 50.1 Å². The van der Waals surface area contributed by atoms with Crippen LogP contribution in [0.15, 0.2) is 231 Å². The highest BCUT2D eigenvalue weighted by Gasteiger charge is 2.51. The number of fused-ring (bicyclic) bond motifs is 11. The smallest absolute Gasteiger partial charge is 0.164 e. The van der Waals surface area contributed by atoms with Crippen LogP contribution in [0, 0.1) is 0 Å². The van der Waals surface area contributed by atoms with Crippen LogP contribution < -0.4 is 0 Å². The first kappa shape index (κ1) is 39.0. The Balaban J connectivity index is 0.932. The maximum absolute atomic E-state index is 5.13. The SMILES string of the molecule is C=C/C=C\C(=C/C)c1nc(-c2ccc(-c3cccc4cccnc34)cc2)nc(-c2cccc(-c3cccc(-c4ccc5c(c4)C4(c6ccccc6-c6ccccc64)c4ccccc4-5)c3)c2)n1. The van der Waals surface area contributed by atoms with E-state index >= 15 is 0 Å². The largest absolute Gasteiger partial charge is 0.256 e. The van der Waals surface area contributed by atoms with Gasteiger partial charge in [0.05, 0.1) is 10.9 Å². The molecule has 310 valence electrons. The highest BCUT2D eigenvalue weighted by molar-refractivity contribution is 5.96. The Morgan fingerprint density at radius 1 is 0.439 bits per heavy atom. The molecule has 0 amide bonds. The molecule has 1 spiro atoms. The summed E-state index contributed by atoms with van der Waals surface area (Å²) >= 11 is 0. The number of para-hydroxylation sites is 1. The molecule has 8 aromatic carbocycles. The maximum Gasteiger partial charge on any atom is 0.164 e. The Morgan fingerprint density at radius 3 is 1.58 bits per heavy atom. The number of rotatable bonds is 8. The average Bonchev–Trinajstić information content (AvgIpc) is 3.86. The van der Waals surface area contributed by atoms with E-state index in [9.17, 15) is 0 Å². The van der Waals surface area contributed by atoms with Gasteiger partial charge in [-0.2, -0.15) is 0 Å². The summed E-state index contributed by atoms with van der Waals surface area (Å²) in [6.07, 6.45) is 9.52. The molecule has 4 heteroatoms. The summed E-state index contributed by atoms with van der Waals surface area (Å²) in [6.45, 7) is 5.89. The van der Waals surface area contributed by atoms with Crippen molar-refractivity contribution < 1.29 is 0 Å². The van der Waals surface area contributed by atoms with E-state index < -0.39 is 5.41 Å². The average molecular weight is 843 g/mol. The lowest BCUT2D eigenvalue weighted by molar-refractivity contribution is 0.794. The molecule has 2 aliphatic carbocycles. The summed E-state index contributed by atoms with van der Waals surface area (Å²) in [4.78, 5) is 19.9. The molecule has 2 aromatic heterocycles. The number of pyridine rings is 1. The van der Waals surface area contributed by atoms with Gasteiger partial charge in [0, 0.05) is 33.8 Å². The van der Waals surface area contributed by atoms with E-state index in [1.54, 1.807) is 6.08 Å². The molecule has 12 rings (SSSR count). The van der Waals surface area contributed by atoms with Crippen LogP contribution in [0.5, 0.6) is 0 Å². The molecule has 4 nitrogen and oxygen atoms in total. The number of hydrogen-bond acceptors (Lipinski definition) is 4. The lowest BCUT2D eigenvalue weighted by Crippen LogP contribution is -2.25. The van der Waals surface area contributed by atoms with Crippen molar-refractivity contribution in [1.82, 2.24) is 19.9 Å². The maximum atomic E-state index is 5.13. The van der Waals surface area contributed by atoms with Crippen molar-refractivity contribution in [3.8, 4) is 78.4 Å². The normalized spacial score (nSPS) is 13.1. The van der Waals surface area contributed by atoms with Crippen molar-refractivity contribution in [2.45, 2.75) is 12.3 Å². The highest BCUT2D eigenvalue weighted by atomic mass is 15.0. The van der Waals surface area contributed by atoms with Crippen LogP contribution in [0.3, 0.4) is 0 Å². The molecule has 0 unspecified atom stereocenters. The molecule has 0 fully saturated rings. The third-order valence-corrected chi connectivity index (χ3v) is 13.4. The summed E-state index contributed by atoms with van der Waals surface area (Å²) in [7, 11) is 0. The molecule has 0 aliphatic heterocycles. The zero-order valence-electron chi connectivity index (χ0n) is 36.4. The quantitative estimate of drug-likeness (QED) is 0.143. The van der Waals surface area contributed by atoms with Crippen LogP contribution in [0.1, 0.15) is 35.0 Å². The fraction of sp³-hybridized carbons (Fsp3) is 0.0323. The van der Waals surface area contributed by atoms with Crippen molar-refractivity contribution in [2.75, 3.05) is 0 Å². The molecule has 0 saturated carbocycles. The van der Waals surface area contributed by atoms with E-state index in [0.29, 0.717) is 17.5 Å². The van der Waals surface area contributed by atoms with Gasteiger partial charge in [0.15, 0.2) is 17.5 Å². The number of nitrogens with zero attached hydrogens (tertiary/aromatic N) is 4. The topological polar surface area (TPSA) is 51.6 Å². The summed E-state index contributed by atoms with van der Waals surface area (Å²) in [5.74, 6) is 1.79. The minimum absolute atomic E-state index is 0.395. The molecular formula is C62H42N4. The third kappa shape index (κ3) is 6.22. The van der Waals surface area contributed by atoms with Crippen molar-refractivity contribution in [1.29, 1.82) is 0 Å². The molecule has 2 aliphatic rings. The fourth-order valence-corrected chi connectivity index (χ4v) is 10.4. The Hall–Kier alpha value is -8.60. The second kappa shape index (κ2) is 15.9. The van der Waals surface area contributed by atoms with Gasteiger partial charge in [-0.3, -0.25) is 4.98 Å². The lowest BCUT2D eigenvalue weighted by Gasteiger charge is -2.30. The summed E-state index contributed by atoms with van der Waals surface area (Å²) in [5.41, 5.74) is 20.5. The summed E-state index contributed by atoms with van der Waals surface area (Å²) in [5, 5.41) is 1.11. The zero-order chi connectivity index (χ0) is 44.2. The van der Waals surface area contributed by atoms with Gasteiger partial charge in [0.1, 0.15) is 0 Å². The minimum atomic E-state index is -0.395. The van der Waals surface area contributed by atoms with E-state index in [4.69, 9.17) is 19.9 Å². The second-order valence-electron chi connectivity index (χ2n) is 16.9. The van der Waals surface area contributed by atoms with Crippen LogP contribution in [0.25, 0.3) is 94.9 Å². The summed E-state index contributed by atoms with van der Waals surface area (Å²) in [6, 6.07) is 70.1. The Bertz CT molecular complexity index is 3560. The first-order valence-electron chi connectivity index (χ1n) is 22.4. The molecule has 10 aromatic rings. The Morgan fingerprint density at radius 2 is 0.939 bits per heavy atom. The van der Waals surface area contributed by atoms with Crippen LogP contribution in [-0.2, 0) is 5.41 Å². The van der Waals surface area contributed by atoms with Crippen molar-refractivity contribution in [3.05, 3.63) is 259 Å². The van der Waals surface area contributed by atoms with Crippen LogP contribution >= 0.6 is 0 Å². The van der Waals surface area contributed by atoms with E-state index in [0.717, 1.165) is 55.4 Å². The van der Waals surface area contributed by atoms with Gasteiger partial charge in [0.25, 0.3) is 0 Å². The first-order chi connectivity index (χ1) is 32.6. The lowest BCUT2D eigenvalue weighted by atomic mass is 9.70. The molecule has 66 heavy (non-hydrogen) atoms. The van der Waals surface area contributed by atoms with Crippen molar-refractivity contribution in [2.24, 2.45) is 0 Å². The standard InChI is InChI=1S/C62H42N4/c1-3-5-16-40(4-2)59-64-60(43-32-30-41(31-33-43)49-26-14-17-42-22-15-36-63-58(42)49)66-61(65-59)48-21-13-20-46(38-48)44-18-12-19-45(37-44)47-34-35-53-52-25-8-11-29-56(52)62(57(53)39-47)54-27-9-6-23-50(54)51-24-7-10-28-55(51)62/h3-39H,1H2,2H3/b16-5-,40-4+. The summed E-state index contributed by atoms with van der Waals surface area (Å²) < 4.78 is 0. The number of benzene rings is 8. The van der Waals surface area contributed by atoms with Gasteiger partial charge >= 0.3 is 0 Å². The molecule has 0 bridgehead atoms. The molecule has 0 saturated heterocycles. The van der Waals surface area contributed by atoms with Gasteiger partial charge in [-0.15, -0.1) is 0 Å². The van der Waals surface area contributed by atoms with Crippen molar-refractivity contribution >= 4 is 16.5 Å². The van der Waals surface area contributed by atoms with E-state index in [2.05, 4.69) is 195 Å². The van der Waals surface area contributed by atoms with Gasteiger partial charge in [-0.1, -0.05) is 201 Å². The molecular weight excluding hydrogens is 801 g/mol. The number of allylic oxidation sites excluding steroid dienone is 5. The van der Waals surface area contributed by atoms with Gasteiger partial charge < -0.3 is 0 Å².